The zero-order valence-electron chi connectivity index (χ0n) is 17.6. The number of anilines is 1. The molecular formula is C21H33N3O4S. The van der Waals surface area contributed by atoms with Gasteiger partial charge in [0.15, 0.2) is 0 Å². The molecule has 1 saturated carbocycles. The number of rotatable bonds is 6. The number of hydrogen-bond acceptors (Lipinski definition) is 5. The molecule has 0 aromatic heterocycles. The molecule has 8 heteroatoms. The predicted molar refractivity (Wildman–Crippen MR) is 113 cm³/mol. The van der Waals surface area contributed by atoms with Gasteiger partial charge in [-0.25, -0.2) is 8.42 Å². The number of nitrogens with zero attached hydrogens (tertiary/aromatic N) is 1. The Morgan fingerprint density at radius 1 is 1.21 bits per heavy atom. The number of ether oxygens (including phenoxy) is 1. The lowest BCUT2D eigenvalue weighted by Gasteiger charge is -2.36. The standard InChI is InChI=1S/C21H33N3O4S/c1-15-6-4-9-20(16(15)2)22-17(3)21(25)23-18-7-5-8-19(14-18)29(26,27)24-10-12-28-13-11-24/h5,7-8,14-17,20,22H,4,6,9-13H2,1-3H3,(H,23,25)/t15-,16-,17+,20-/m1/s1. The number of nitrogens with one attached hydrogen (secondary N) is 2. The van der Waals surface area contributed by atoms with Crippen LogP contribution in [0.3, 0.4) is 0 Å². The summed E-state index contributed by atoms with van der Waals surface area (Å²) in [6.07, 6.45) is 3.50. The number of carbonyl (C=O) groups is 1. The van der Waals surface area contributed by atoms with Crippen LogP contribution in [0.15, 0.2) is 29.2 Å². The fourth-order valence-corrected chi connectivity index (χ4v) is 5.59. The third-order valence-corrected chi connectivity index (χ3v) is 8.17. The third kappa shape index (κ3) is 5.36. The Labute approximate surface area is 174 Å². The molecule has 2 fully saturated rings. The summed E-state index contributed by atoms with van der Waals surface area (Å²) >= 11 is 0. The molecule has 1 aromatic carbocycles. The van der Waals surface area contributed by atoms with Crippen molar-refractivity contribution in [3.63, 3.8) is 0 Å². The fraction of sp³-hybridized carbons (Fsp3) is 0.667. The van der Waals surface area contributed by atoms with Gasteiger partial charge in [0.1, 0.15) is 0 Å². The average molecular weight is 424 g/mol. The molecule has 1 amide bonds. The van der Waals surface area contributed by atoms with Gasteiger partial charge >= 0.3 is 0 Å². The number of morpholine rings is 1. The third-order valence-electron chi connectivity index (χ3n) is 6.27. The van der Waals surface area contributed by atoms with Crippen LogP contribution in [0, 0.1) is 11.8 Å². The minimum atomic E-state index is -3.59. The molecule has 2 N–H and O–H groups in total. The predicted octanol–water partition coefficient (Wildman–Crippen LogP) is 2.45. The van der Waals surface area contributed by atoms with E-state index in [1.165, 1.54) is 23.2 Å². The molecule has 0 spiro atoms. The highest BCUT2D eigenvalue weighted by Gasteiger charge is 2.30. The maximum Gasteiger partial charge on any atom is 0.243 e. The molecule has 0 radical (unpaired) electrons. The first kappa shape index (κ1) is 22.2. The van der Waals surface area contributed by atoms with E-state index in [9.17, 15) is 13.2 Å². The Morgan fingerprint density at radius 3 is 2.66 bits per heavy atom. The Kier molecular flexibility index (Phi) is 7.32. The number of amides is 1. The first-order valence-electron chi connectivity index (χ1n) is 10.5. The summed E-state index contributed by atoms with van der Waals surface area (Å²) in [6, 6.07) is 6.44. The summed E-state index contributed by atoms with van der Waals surface area (Å²) in [7, 11) is -3.59. The molecule has 0 bridgehead atoms. The molecule has 1 aliphatic heterocycles. The molecule has 162 valence electrons. The van der Waals surface area contributed by atoms with Crippen LogP contribution in [0.25, 0.3) is 0 Å². The van der Waals surface area contributed by atoms with E-state index in [-0.39, 0.29) is 16.8 Å². The van der Waals surface area contributed by atoms with E-state index in [1.54, 1.807) is 18.2 Å². The van der Waals surface area contributed by atoms with Crippen LogP contribution < -0.4 is 10.6 Å². The van der Waals surface area contributed by atoms with Crippen molar-refractivity contribution in [2.45, 2.75) is 57.0 Å². The number of carbonyl (C=O) groups excluding carboxylic acids is 1. The van der Waals surface area contributed by atoms with E-state index in [4.69, 9.17) is 4.74 Å². The van der Waals surface area contributed by atoms with Gasteiger partial charge in [0, 0.05) is 24.8 Å². The second-order valence-corrected chi connectivity index (χ2v) is 10.2. The topological polar surface area (TPSA) is 87.7 Å². The van der Waals surface area contributed by atoms with E-state index < -0.39 is 10.0 Å². The van der Waals surface area contributed by atoms with Crippen molar-refractivity contribution in [1.82, 2.24) is 9.62 Å². The van der Waals surface area contributed by atoms with Gasteiger partial charge in [0.2, 0.25) is 15.9 Å². The Morgan fingerprint density at radius 2 is 1.93 bits per heavy atom. The average Bonchev–Trinajstić information content (AvgIpc) is 2.72. The molecule has 29 heavy (non-hydrogen) atoms. The molecular weight excluding hydrogens is 390 g/mol. The van der Waals surface area contributed by atoms with Crippen LogP contribution in [0.1, 0.15) is 40.0 Å². The fourth-order valence-electron chi connectivity index (χ4n) is 4.13. The van der Waals surface area contributed by atoms with Gasteiger partial charge in [0.05, 0.1) is 24.2 Å². The lowest BCUT2D eigenvalue weighted by Crippen LogP contribution is -2.49. The summed E-state index contributed by atoms with van der Waals surface area (Å²) < 4.78 is 32.3. The van der Waals surface area contributed by atoms with Crippen LogP contribution in [-0.4, -0.2) is 57.0 Å². The van der Waals surface area contributed by atoms with E-state index in [2.05, 4.69) is 24.5 Å². The van der Waals surface area contributed by atoms with E-state index in [0.29, 0.717) is 49.9 Å². The number of sulfonamides is 1. The van der Waals surface area contributed by atoms with E-state index >= 15 is 0 Å². The maximum atomic E-state index is 12.8. The van der Waals surface area contributed by atoms with E-state index in [1.807, 2.05) is 6.92 Å². The minimum Gasteiger partial charge on any atom is -0.379 e. The first-order valence-corrected chi connectivity index (χ1v) is 12.0. The molecule has 1 heterocycles. The van der Waals surface area contributed by atoms with Gasteiger partial charge < -0.3 is 15.4 Å². The largest absolute Gasteiger partial charge is 0.379 e. The lowest BCUT2D eigenvalue weighted by atomic mass is 9.78. The zero-order valence-corrected chi connectivity index (χ0v) is 18.4. The molecule has 0 unspecified atom stereocenters. The van der Waals surface area contributed by atoms with Gasteiger partial charge in [-0.15, -0.1) is 0 Å². The summed E-state index contributed by atoms with van der Waals surface area (Å²) in [5.41, 5.74) is 0.489. The normalized spacial score (nSPS) is 27.3. The summed E-state index contributed by atoms with van der Waals surface area (Å²) in [4.78, 5) is 12.9. The van der Waals surface area contributed by atoms with Crippen molar-refractivity contribution in [3.8, 4) is 0 Å². The van der Waals surface area contributed by atoms with Gasteiger partial charge in [-0.05, 0) is 43.4 Å². The number of benzene rings is 1. The molecule has 1 aliphatic carbocycles. The number of hydrogen-bond donors (Lipinski definition) is 2. The first-order chi connectivity index (χ1) is 13.8. The van der Waals surface area contributed by atoms with Crippen molar-refractivity contribution >= 4 is 21.6 Å². The van der Waals surface area contributed by atoms with Crippen molar-refractivity contribution in [1.29, 1.82) is 0 Å². The smallest absolute Gasteiger partial charge is 0.243 e. The monoisotopic (exact) mass is 423 g/mol. The van der Waals surface area contributed by atoms with E-state index in [0.717, 1.165) is 6.42 Å². The molecule has 2 aliphatic rings. The van der Waals surface area contributed by atoms with Gasteiger partial charge in [-0.3, -0.25) is 4.79 Å². The Bertz CT molecular complexity index is 808. The Hall–Kier alpha value is -1.48. The lowest BCUT2D eigenvalue weighted by molar-refractivity contribution is -0.118. The molecule has 4 atom stereocenters. The van der Waals surface area contributed by atoms with Crippen LogP contribution >= 0.6 is 0 Å². The zero-order chi connectivity index (χ0) is 21.0. The van der Waals surface area contributed by atoms with Crippen LogP contribution in [-0.2, 0) is 19.6 Å². The highest BCUT2D eigenvalue weighted by molar-refractivity contribution is 7.89. The molecule has 1 saturated heterocycles. The van der Waals surface area contributed by atoms with Crippen LogP contribution in [0.2, 0.25) is 0 Å². The van der Waals surface area contributed by atoms with Crippen LogP contribution in [0.5, 0.6) is 0 Å². The van der Waals surface area contributed by atoms with Gasteiger partial charge in [-0.2, -0.15) is 4.31 Å². The summed E-state index contributed by atoms with van der Waals surface area (Å²) in [5, 5.41) is 6.33. The van der Waals surface area contributed by atoms with Crippen molar-refractivity contribution in [2.75, 3.05) is 31.6 Å². The van der Waals surface area contributed by atoms with Crippen molar-refractivity contribution < 1.29 is 17.9 Å². The van der Waals surface area contributed by atoms with Gasteiger partial charge in [0.25, 0.3) is 0 Å². The highest BCUT2D eigenvalue weighted by Crippen LogP contribution is 2.29. The second kappa shape index (κ2) is 9.55. The quantitative estimate of drug-likeness (QED) is 0.734. The summed E-state index contributed by atoms with van der Waals surface area (Å²) in [5.74, 6) is 1.02. The highest BCUT2D eigenvalue weighted by atomic mass is 32.2. The van der Waals surface area contributed by atoms with Crippen molar-refractivity contribution in [2.24, 2.45) is 11.8 Å². The Balaban J connectivity index is 1.64. The summed E-state index contributed by atoms with van der Waals surface area (Å²) in [6.45, 7) is 7.86. The van der Waals surface area contributed by atoms with Crippen LogP contribution in [0.4, 0.5) is 5.69 Å². The maximum absolute atomic E-state index is 12.8. The van der Waals surface area contributed by atoms with Gasteiger partial charge in [-0.1, -0.05) is 32.8 Å². The molecule has 3 rings (SSSR count). The molecule has 7 nitrogen and oxygen atoms in total. The molecule has 1 aromatic rings. The minimum absolute atomic E-state index is 0.156. The second-order valence-electron chi connectivity index (χ2n) is 8.30. The SMILES string of the molecule is C[C@@H]1[C@H](C)CCC[C@H]1N[C@@H](C)C(=O)Nc1cccc(S(=O)(=O)N2CCOCC2)c1. The van der Waals surface area contributed by atoms with Crippen molar-refractivity contribution in [3.05, 3.63) is 24.3 Å².